The highest BCUT2D eigenvalue weighted by Crippen LogP contribution is 2.18. The van der Waals surface area contributed by atoms with Gasteiger partial charge in [0.15, 0.2) is 5.78 Å². The Labute approximate surface area is 163 Å². The maximum absolute atomic E-state index is 12.3. The number of ketones is 1. The average Bonchev–Trinajstić information content (AvgIpc) is 2.70. The van der Waals surface area contributed by atoms with Crippen molar-refractivity contribution in [1.82, 2.24) is 15.3 Å². The normalized spacial score (nSPS) is 10.8. The molecule has 1 aromatic carbocycles. The fraction of sp³-hybridized carbons (Fsp3) is 0.273. The summed E-state index contributed by atoms with van der Waals surface area (Å²) in [4.78, 5) is 43.2. The Bertz CT molecular complexity index is 1070. The smallest absolute Gasteiger partial charge is 0.251 e. The molecule has 0 aliphatic heterocycles. The second kappa shape index (κ2) is 8.61. The van der Waals surface area contributed by atoms with E-state index in [1.54, 1.807) is 18.3 Å². The second-order valence-corrected chi connectivity index (χ2v) is 6.86. The van der Waals surface area contributed by atoms with E-state index in [4.69, 9.17) is 0 Å². The molecule has 6 heteroatoms. The third kappa shape index (κ3) is 4.52. The van der Waals surface area contributed by atoms with Crippen LogP contribution in [0.5, 0.6) is 0 Å². The Kier molecular flexibility index (Phi) is 5.99. The molecule has 0 radical (unpaired) electrons. The zero-order chi connectivity index (χ0) is 20.1. The van der Waals surface area contributed by atoms with Gasteiger partial charge in [-0.2, -0.15) is 0 Å². The lowest BCUT2D eigenvalue weighted by molar-refractivity contribution is -0.121. The van der Waals surface area contributed by atoms with Crippen molar-refractivity contribution < 1.29 is 9.59 Å². The number of H-pyrrole nitrogens is 1. The van der Waals surface area contributed by atoms with Crippen molar-refractivity contribution in [3.05, 3.63) is 75.3 Å². The third-order valence-corrected chi connectivity index (χ3v) is 4.91. The van der Waals surface area contributed by atoms with E-state index in [0.29, 0.717) is 24.1 Å². The van der Waals surface area contributed by atoms with E-state index in [0.717, 1.165) is 22.0 Å². The Morgan fingerprint density at radius 2 is 1.96 bits per heavy atom. The minimum Gasteiger partial charge on any atom is -0.356 e. The van der Waals surface area contributed by atoms with Gasteiger partial charge in [-0.25, -0.2) is 0 Å². The summed E-state index contributed by atoms with van der Waals surface area (Å²) in [5.74, 6) is -0.319. The molecule has 0 saturated heterocycles. The summed E-state index contributed by atoms with van der Waals surface area (Å²) in [6.45, 7) is 4.34. The van der Waals surface area contributed by atoms with E-state index in [1.807, 2.05) is 32.0 Å². The topological polar surface area (TPSA) is 91.9 Å². The van der Waals surface area contributed by atoms with Crippen molar-refractivity contribution in [2.45, 2.75) is 33.1 Å². The van der Waals surface area contributed by atoms with Crippen LogP contribution in [0.2, 0.25) is 0 Å². The number of hydrogen-bond acceptors (Lipinski definition) is 4. The van der Waals surface area contributed by atoms with E-state index in [9.17, 15) is 14.4 Å². The lowest BCUT2D eigenvalue weighted by Gasteiger charge is -2.08. The van der Waals surface area contributed by atoms with Crippen LogP contribution in [0.4, 0.5) is 0 Å². The van der Waals surface area contributed by atoms with Crippen LogP contribution < -0.4 is 10.9 Å². The third-order valence-electron chi connectivity index (χ3n) is 4.91. The molecular weight excluding hydrogens is 354 g/mol. The molecule has 0 aliphatic carbocycles. The van der Waals surface area contributed by atoms with Gasteiger partial charge in [0.2, 0.25) is 5.91 Å². The molecule has 144 valence electrons. The first-order valence-electron chi connectivity index (χ1n) is 9.28. The number of nitrogens with zero attached hydrogens (tertiary/aromatic N) is 1. The van der Waals surface area contributed by atoms with E-state index >= 15 is 0 Å². The van der Waals surface area contributed by atoms with Crippen molar-refractivity contribution in [2.75, 3.05) is 6.54 Å². The summed E-state index contributed by atoms with van der Waals surface area (Å²) in [6.07, 6.45) is 3.77. The van der Waals surface area contributed by atoms with E-state index in [1.165, 1.54) is 6.20 Å². The maximum Gasteiger partial charge on any atom is 0.251 e. The SMILES string of the molecule is Cc1ccc2cc(CCNC(=O)CCC(=O)c3cccnc3)c(=O)[nH]c2c1C. The van der Waals surface area contributed by atoms with Crippen LogP contribution in [0, 0.1) is 13.8 Å². The molecule has 3 aromatic rings. The monoisotopic (exact) mass is 377 g/mol. The molecule has 2 heterocycles. The Morgan fingerprint density at radius 1 is 1.14 bits per heavy atom. The number of nitrogens with one attached hydrogen (secondary N) is 2. The standard InChI is InChI=1S/C22H23N3O3/c1-14-5-6-16-12-17(22(28)25-21(16)15(14)2)9-11-24-20(27)8-7-19(26)18-4-3-10-23-13-18/h3-6,10,12-13H,7-9,11H2,1-2H3,(H,24,27)(H,25,28). The van der Waals surface area contributed by atoms with Crippen LogP contribution in [-0.2, 0) is 11.2 Å². The van der Waals surface area contributed by atoms with Gasteiger partial charge in [-0.1, -0.05) is 12.1 Å². The number of fused-ring (bicyclic) bond motifs is 1. The highest BCUT2D eigenvalue weighted by atomic mass is 16.2. The molecule has 0 saturated carbocycles. The van der Waals surface area contributed by atoms with Crippen molar-refractivity contribution >= 4 is 22.6 Å². The number of benzene rings is 1. The molecule has 1 amide bonds. The van der Waals surface area contributed by atoms with Crippen molar-refractivity contribution in [2.24, 2.45) is 0 Å². The van der Waals surface area contributed by atoms with Gasteiger partial charge < -0.3 is 10.3 Å². The van der Waals surface area contributed by atoms with Crippen LogP contribution in [0.3, 0.4) is 0 Å². The number of carbonyl (C=O) groups is 2. The Balaban J connectivity index is 1.54. The molecular formula is C22H23N3O3. The largest absolute Gasteiger partial charge is 0.356 e. The van der Waals surface area contributed by atoms with Crippen LogP contribution in [0.1, 0.15) is 39.9 Å². The number of aromatic amines is 1. The van der Waals surface area contributed by atoms with E-state index < -0.39 is 0 Å². The summed E-state index contributed by atoms with van der Waals surface area (Å²) in [6, 6.07) is 9.26. The summed E-state index contributed by atoms with van der Waals surface area (Å²) in [5.41, 5.74) is 4.04. The lowest BCUT2D eigenvalue weighted by atomic mass is 10.0. The van der Waals surface area contributed by atoms with E-state index in [-0.39, 0.29) is 30.1 Å². The van der Waals surface area contributed by atoms with Gasteiger partial charge >= 0.3 is 0 Å². The molecule has 2 aromatic heterocycles. The van der Waals surface area contributed by atoms with Gasteiger partial charge in [-0.05, 0) is 55.0 Å². The average molecular weight is 377 g/mol. The predicted molar refractivity (Wildman–Crippen MR) is 109 cm³/mol. The summed E-state index contributed by atoms with van der Waals surface area (Å²) in [7, 11) is 0. The van der Waals surface area contributed by atoms with Gasteiger partial charge in [0.25, 0.3) is 5.56 Å². The first-order valence-corrected chi connectivity index (χ1v) is 9.28. The van der Waals surface area contributed by atoms with Crippen LogP contribution >= 0.6 is 0 Å². The van der Waals surface area contributed by atoms with Gasteiger partial charge in [-0.15, -0.1) is 0 Å². The van der Waals surface area contributed by atoms with Crippen molar-refractivity contribution in [3.8, 4) is 0 Å². The quantitative estimate of drug-likeness (QED) is 0.619. The molecule has 3 rings (SSSR count). The van der Waals surface area contributed by atoms with Gasteiger partial charge in [0.1, 0.15) is 0 Å². The fourth-order valence-corrected chi connectivity index (χ4v) is 3.08. The number of aromatic nitrogens is 2. The summed E-state index contributed by atoms with van der Waals surface area (Å²) in [5, 5.41) is 3.75. The molecule has 6 nitrogen and oxygen atoms in total. The number of hydrogen-bond donors (Lipinski definition) is 2. The zero-order valence-electron chi connectivity index (χ0n) is 16.0. The van der Waals surface area contributed by atoms with Gasteiger partial charge in [0, 0.05) is 42.9 Å². The molecule has 28 heavy (non-hydrogen) atoms. The summed E-state index contributed by atoms with van der Waals surface area (Å²) < 4.78 is 0. The predicted octanol–water partition coefficient (Wildman–Crippen LogP) is 2.86. The highest BCUT2D eigenvalue weighted by molar-refractivity contribution is 5.97. The minimum absolute atomic E-state index is 0.111. The number of rotatable bonds is 7. The van der Waals surface area contributed by atoms with Gasteiger partial charge in [0.05, 0.1) is 5.52 Å². The fourth-order valence-electron chi connectivity index (χ4n) is 3.08. The van der Waals surface area contributed by atoms with Crippen LogP contribution in [0.15, 0.2) is 47.5 Å². The van der Waals surface area contributed by atoms with Crippen LogP contribution in [-0.4, -0.2) is 28.2 Å². The lowest BCUT2D eigenvalue weighted by Crippen LogP contribution is -2.27. The molecule has 0 unspecified atom stereocenters. The number of pyridine rings is 2. The van der Waals surface area contributed by atoms with Gasteiger partial charge in [-0.3, -0.25) is 19.4 Å². The number of carbonyl (C=O) groups excluding carboxylic acids is 2. The number of Topliss-reactive ketones (excluding diaryl/α,β-unsaturated/α-hetero) is 1. The number of aryl methyl sites for hydroxylation is 2. The van der Waals surface area contributed by atoms with Crippen molar-refractivity contribution in [1.29, 1.82) is 0 Å². The maximum atomic E-state index is 12.3. The molecule has 0 aliphatic rings. The molecule has 0 spiro atoms. The van der Waals surface area contributed by atoms with Crippen LogP contribution in [0.25, 0.3) is 10.9 Å². The highest BCUT2D eigenvalue weighted by Gasteiger charge is 2.10. The molecule has 2 N–H and O–H groups in total. The Morgan fingerprint density at radius 3 is 2.71 bits per heavy atom. The molecule has 0 atom stereocenters. The first kappa shape index (κ1) is 19.5. The summed E-state index contributed by atoms with van der Waals surface area (Å²) >= 11 is 0. The number of amides is 1. The molecule has 0 bridgehead atoms. The van der Waals surface area contributed by atoms with Crippen molar-refractivity contribution in [3.63, 3.8) is 0 Å². The second-order valence-electron chi connectivity index (χ2n) is 6.86. The first-order chi connectivity index (χ1) is 13.5. The minimum atomic E-state index is -0.207. The zero-order valence-corrected chi connectivity index (χ0v) is 16.0. The Hall–Kier alpha value is -3.28. The van der Waals surface area contributed by atoms with E-state index in [2.05, 4.69) is 15.3 Å². The molecule has 0 fully saturated rings.